The Kier molecular flexibility index (Phi) is 6.20. The minimum atomic E-state index is -3.62. The second kappa shape index (κ2) is 7.78. The Hall–Kier alpha value is -1.21. The molecule has 0 aliphatic rings. The normalized spacial score (nSPS) is 13.0. The first-order valence-electron chi connectivity index (χ1n) is 7.07. The number of nitrogens with one attached hydrogen (secondary N) is 1. The van der Waals surface area contributed by atoms with Crippen LogP contribution in [0.5, 0.6) is 0 Å². The molecule has 0 saturated carbocycles. The van der Waals surface area contributed by atoms with Gasteiger partial charge in [-0.05, 0) is 42.8 Å². The zero-order valence-corrected chi connectivity index (χ0v) is 15.0. The molecule has 0 aromatic heterocycles. The van der Waals surface area contributed by atoms with Gasteiger partial charge in [-0.15, -0.1) is 0 Å². The number of sulfone groups is 1. The lowest BCUT2D eigenvalue weighted by Gasteiger charge is -2.15. The number of hydrogen-bond acceptors (Lipinski definition) is 3. The van der Waals surface area contributed by atoms with Crippen molar-refractivity contribution in [2.75, 3.05) is 12.3 Å². The lowest BCUT2D eigenvalue weighted by Crippen LogP contribution is -2.26. The first-order valence-corrected chi connectivity index (χ1v) is 9.47. The molecule has 1 atom stereocenters. The van der Waals surface area contributed by atoms with Gasteiger partial charge in [0.15, 0.2) is 21.5 Å². The first kappa shape index (κ1) is 19.1. The van der Waals surface area contributed by atoms with Gasteiger partial charge >= 0.3 is 0 Å². The standard InChI is InChI=1S/C16H15Cl2F2NO2S/c1-10(11-2-5-14(19)15(20)8-11)21-6-7-24(22,23)16-9-12(17)3-4-13(16)18/h2-5,8-10,21H,6-7H2,1H3/t10-/m1/s1. The summed E-state index contributed by atoms with van der Waals surface area (Å²) in [6.07, 6.45) is 0. The van der Waals surface area contributed by atoms with Gasteiger partial charge in [0.1, 0.15) is 0 Å². The molecule has 3 nitrogen and oxygen atoms in total. The molecule has 0 heterocycles. The van der Waals surface area contributed by atoms with E-state index in [4.69, 9.17) is 23.2 Å². The fraction of sp³-hybridized carbons (Fsp3) is 0.250. The van der Waals surface area contributed by atoms with E-state index in [0.717, 1.165) is 12.1 Å². The molecule has 24 heavy (non-hydrogen) atoms. The number of benzene rings is 2. The fourth-order valence-corrected chi connectivity index (χ4v) is 4.12. The Morgan fingerprint density at radius 3 is 2.46 bits per heavy atom. The van der Waals surface area contributed by atoms with E-state index in [9.17, 15) is 17.2 Å². The van der Waals surface area contributed by atoms with Crippen molar-refractivity contribution in [3.05, 3.63) is 63.6 Å². The van der Waals surface area contributed by atoms with Crippen LogP contribution in [0.3, 0.4) is 0 Å². The van der Waals surface area contributed by atoms with Crippen LogP contribution in [0.15, 0.2) is 41.3 Å². The monoisotopic (exact) mass is 393 g/mol. The predicted molar refractivity (Wildman–Crippen MR) is 91.3 cm³/mol. The van der Waals surface area contributed by atoms with Gasteiger partial charge in [-0.1, -0.05) is 29.3 Å². The van der Waals surface area contributed by atoms with Crippen molar-refractivity contribution in [2.45, 2.75) is 17.9 Å². The second-order valence-corrected chi connectivity index (χ2v) is 8.16. The summed E-state index contributed by atoms with van der Waals surface area (Å²) in [7, 11) is -3.62. The average Bonchev–Trinajstić information content (AvgIpc) is 2.52. The summed E-state index contributed by atoms with van der Waals surface area (Å²) in [5, 5.41) is 3.34. The highest BCUT2D eigenvalue weighted by Gasteiger charge is 2.19. The molecule has 130 valence electrons. The van der Waals surface area contributed by atoms with Crippen LogP contribution in [0.1, 0.15) is 18.5 Å². The molecular weight excluding hydrogens is 379 g/mol. The fourth-order valence-electron chi connectivity index (χ4n) is 2.13. The summed E-state index contributed by atoms with van der Waals surface area (Å²) < 4.78 is 50.8. The van der Waals surface area contributed by atoms with Gasteiger partial charge in [0.25, 0.3) is 0 Å². The van der Waals surface area contributed by atoms with Gasteiger partial charge in [-0.3, -0.25) is 0 Å². The van der Waals surface area contributed by atoms with Gasteiger partial charge in [-0.25, -0.2) is 17.2 Å². The van der Waals surface area contributed by atoms with Gasteiger partial charge in [-0.2, -0.15) is 0 Å². The van der Waals surface area contributed by atoms with Crippen molar-refractivity contribution in [2.24, 2.45) is 0 Å². The molecule has 0 spiro atoms. The van der Waals surface area contributed by atoms with Crippen LogP contribution >= 0.6 is 23.2 Å². The molecule has 0 radical (unpaired) electrons. The van der Waals surface area contributed by atoms with E-state index in [1.54, 1.807) is 6.92 Å². The van der Waals surface area contributed by atoms with E-state index in [2.05, 4.69) is 5.32 Å². The summed E-state index contributed by atoms with van der Waals surface area (Å²) in [5.74, 6) is -2.08. The van der Waals surface area contributed by atoms with Crippen LogP contribution in [0.4, 0.5) is 8.78 Å². The summed E-state index contributed by atoms with van der Waals surface area (Å²) in [6, 6.07) is 7.45. The highest BCUT2D eigenvalue weighted by molar-refractivity contribution is 7.91. The first-order chi connectivity index (χ1) is 11.2. The third-order valence-corrected chi connectivity index (χ3v) is 5.92. The molecule has 1 N–H and O–H groups in total. The van der Waals surface area contributed by atoms with Crippen molar-refractivity contribution in [1.29, 1.82) is 0 Å². The van der Waals surface area contributed by atoms with Crippen LogP contribution in [0.25, 0.3) is 0 Å². The Morgan fingerprint density at radius 1 is 1.08 bits per heavy atom. The Morgan fingerprint density at radius 2 is 1.79 bits per heavy atom. The van der Waals surface area contributed by atoms with Crippen molar-refractivity contribution in [3.8, 4) is 0 Å². The summed E-state index contributed by atoms with van der Waals surface area (Å²) >= 11 is 11.7. The molecule has 0 bridgehead atoms. The largest absolute Gasteiger partial charge is 0.309 e. The molecule has 0 aliphatic carbocycles. The Bertz CT molecular complexity index is 844. The molecule has 2 aromatic rings. The van der Waals surface area contributed by atoms with Crippen molar-refractivity contribution in [3.63, 3.8) is 0 Å². The molecule has 0 unspecified atom stereocenters. The maximum atomic E-state index is 13.2. The number of hydrogen-bond donors (Lipinski definition) is 1. The van der Waals surface area contributed by atoms with Crippen LogP contribution in [0.2, 0.25) is 10.0 Å². The van der Waals surface area contributed by atoms with E-state index in [1.165, 1.54) is 24.3 Å². The summed E-state index contributed by atoms with van der Waals surface area (Å²) in [6.45, 7) is 1.84. The van der Waals surface area contributed by atoms with Crippen LogP contribution in [0, 0.1) is 11.6 Å². The third-order valence-electron chi connectivity index (χ3n) is 3.49. The van der Waals surface area contributed by atoms with Gasteiger partial charge in [0.05, 0.1) is 15.7 Å². The molecule has 0 fully saturated rings. The van der Waals surface area contributed by atoms with Gasteiger partial charge in [0.2, 0.25) is 0 Å². The van der Waals surface area contributed by atoms with E-state index in [0.29, 0.717) is 5.56 Å². The predicted octanol–water partition coefficient (Wildman–Crippen LogP) is 4.40. The molecular formula is C16H15Cl2F2NO2S. The van der Waals surface area contributed by atoms with E-state index in [-0.39, 0.29) is 33.3 Å². The topological polar surface area (TPSA) is 46.2 Å². The lowest BCUT2D eigenvalue weighted by atomic mass is 10.1. The maximum absolute atomic E-state index is 13.2. The summed E-state index contributed by atoms with van der Waals surface area (Å²) in [4.78, 5) is -0.0288. The van der Waals surface area contributed by atoms with Crippen LogP contribution < -0.4 is 5.32 Å². The Balaban J connectivity index is 2.02. The van der Waals surface area contributed by atoms with Gasteiger partial charge in [0, 0.05) is 17.6 Å². The quantitative estimate of drug-likeness (QED) is 0.790. The molecule has 0 saturated heterocycles. The number of halogens is 4. The average molecular weight is 394 g/mol. The van der Waals surface area contributed by atoms with Crippen LogP contribution in [-0.4, -0.2) is 20.7 Å². The Labute approximate surface area is 149 Å². The zero-order chi connectivity index (χ0) is 17.9. The van der Waals surface area contributed by atoms with Gasteiger partial charge < -0.3 is 5.32 Å². The zero-order valence-electron chi connectivity index (χ0n) is 12.7. The van der Waals surface area contributed by atoms with Crippen molar-refractivity contribution >= 4 is 33.0 Å². The highest BCUT2D eigenvalue weighted by atomic mass is 35.5. The molecule has 0 aliphatic heterocycles. The van der Waals surface area contributed by atoms with E-state index < -0.39 is 21.5 Å². The highest BCUT2D eigenvalue weighted by Crippen LogP contribution is 2.26. The lowest BCUT2D eigenvalue weighted by molar-refractivity contribution is 0.502. The number of rotatable bonds is 6. The van der Waals surface area contributed by atoms with E-state index in [1.807, 2.05) is 0 Å². The molecule has 2 aromatic carbocycles. The second-order valence-electron chi connectivity index (χ2n) is 5.24. The smallest absolute Gasteiger partial charge is 0.181 e. The molecule has 8 heteroatoms. The SMILES string of the molecule is C[C@@H](NCCS(=O)(=O)c1cc(Cl)ccc1Cl)c1ccc(F)c(F)c1. The minimum absolute atomic E-state index is 0.0288. The van der Waals surface area contributed by atoms with Crippen molar-refractivity contribution in [1.82, 2.24) is 5.32 Å². The maximum Gasteiger partial charge on any atom is 0.181 e. The summed E-state index contributed by atoms with van der Waals surface area (Å²) in [5.41, 5.74) is 0.520. The van der Waals surface area contributed by atoms with Crippen molar-refractivity contribution < 1.29 is 17.2 Å². The molecule has 0 amide bonds. The molecule has 2 rings (SSSR count). The van der Waals surface area contributed by atoms with E-state index >= 15 is 0 Å². The third kappa shape index (κ3) is 4.66. The van der Waals surface area contributed by atoms with Crippen LogP contribution in [-0.2, 0) is 9.84 Å². The minimum Gasteiger partial charge on any atom is -0.309 e.